The number of nitrogens with one attached hydrogen (secondary N) is 2. The SMILES string of the molecule is CC.CCN(CCOC)c1nc(NN)ncc1F.CCc1cc(C(=O)Nc2cccc(C(F)(F)F)c2)ccc1O. The topological polar surface area (TPSA) is 126 Å². The summed E-state index contributed by atoms with van der Waals surface area (Å²) >= 11 is 0. The zero-order chi connectivity index (χ0) is 30.3. The number of phenols is 1. The number of nitrogen functional groups attached to an aromatic ring is 1. The van der Waals surface area contributed by atoms with Crippen molar-refractivity contribution in [2.45, 2.75) is 40.3 Å². The van der Waals surface area contributed by atoms with Crippen molar-refractivity contribution < 1.29 is 32.2 Å². The van der Waals surface area contributed by atoms with Gasteiger partial charge < -0.3 is 20.1 Å². The van der Waals surface area contributed by atoms with E-state index in [-0.39, 0.29) is 28.8 Å². The smallest absolute Gasteiger partial charge is 0.416 e. The van der Waals surface area contributed by atoms with E-state index in [1.54, 1.807) is 12.0 Å². The third-order valence-corrected chi connectivity index (χ3v) is 5.27. The van der Waals surface area contributed by atoms with Gasteiger partial charge in [-0.3, -0.25) is 10.2 Å². The first-order valence-corrected chi connectivity index (χ1v) is 12.6. The quantitative estimate of drug-likeness (QED) is 0.149. The van der Waals surface area contributed by atoms with Crippen molar-refractivity contribution in [3.8, 4) is 5.75 Å². The van der Waals surface area contributed by atoms with Gasteiger partial charge in [-0.1, -0.05) is 26.8 Å². The number of halogens is 4. The summed E-state index contributed by atoms with van der Waals surface area (Å²) in [6.07, 6.45) is -2.84. The summed E-state index contributed by atoms with van der Waals surface area (Å²) < 4.78 is 56.3. The number of likely N-dealkylation sites (N-methyl/N-ethyl adjacent to an activating group) is 1. The van der Waals surface area contributed by atoms with Crippen molar-refractivity contribution in [3.05, 3.63) is 71.2 Å². The molecule has 0 unspecified atom stereocenters. The average Bonchev–Trinajstić information content (AvgIpc) is 2.95. The number of methoxy groups -OCH3 is 1. The Morgan fingerprint density at radius 1 is 1.15 bits per heavy atom. The van der Waals surface area contributed by atoms with E-state index in [1.807, 2.05) is 27.7 Å². The number of hydrogen-bond acceptors (Lipinski definition) is 8. The number of aromatic hydroxyl groups is 1. The zero-order valence-electron chi connectivity index (χ0n) is 23.1. The van der Waals surface area contributed by atoms with Crippen LogP contribution in [-0.4, -0.2) is 47.8 Å². The Balaban J connectivity index is 0.000000394. The van der Waals surface area contributed by atoms with Gasteiger partial charge in [-0.2, -0.15) is 18.2 Å². The summed E-state index contributed by atoms with van der Waals surface area (Å²) in [6, 6.07) is 8.74. The van der Waals surface area contributed by atoms with E-state index in [2.05, 4.69) is 20.7 Å². The number of anilines is 3. The monoisotopic (exact) mass is 568 g/mol. The van der Waals surface area contributed by atoms with E-state index in [0.717, 1.165) is 18.3 Å². The fraction of sp³-hybridized carbons (Fsp3) is 0.370. The number of aryl methyl sites for hydroxylation is 1. The number of aromatic nitrogens is 2. The lowest BCUT2D eigenvalue weighted by molar-refractivity contribution is -0.137. The number of hydrogen-bond donors (Lipinski definition) is 4. The maximum Gasteiger partial charge on any atom is 0.416 e. The first-order valence-electron chi connectivity index (χ1n) is 12.6. The van der Waals surface area contributed by atoms with Crippen LogP contribution in [0.25, 0.3) is 0 Å². The highest BCUT2D eigenvalue weighted by Gasteiger charge is 2.30. The second-order valence-electron chi connectivity index (χ2n) is 7.81. The summed E-state index contributed by atoms with van der Waals surface area (Å²) in [5.74, 6) is 4.65. The van der Waals surface area contributed by atoms with Crippen LogP contribution in [0, 0.1) is 5.82 Å². The van der Waals surface area contributed by atoms with Crippen LogP contribution in [-0.2, 0) is 17.3 Å². The Hall–Kier alpha value is -3.97. The number of carbonyl (C=O) groups excluding carboxylic acids is 1. The minimum absolute atomic E-state index is 0.0611. The predicted octanol–water partition coefficient (Wildman–Crippen LogP) is 5.63. The van der Waals surface area contributed by atoms with Crippen molar-refractivity contribution in [1.82, 2.24) is 9.97 Å². The molecule has 3 aromatic rings. The lowest BCUT2D eigenvalue weighted by Gasteiger charge is -2.21. The Labute approximate surface area is 231 Å². The molecule has 0 saturated heterocycles. The van der Waals surface area contributed by atoms with Crippen LogP contribution in [0.15, 0.2) is 48.7 Å². The highest BCUT2D eigenvalue weighted by Crippen LogP contribution is 2.31. The Kier molecular flexibility index (Phi) is 14.4. The van der Waals surface area contributed by atoms with Crippen LogP contribution in [0.5, 0.6) is 5.75 Å². The second-order valence-corrected chi connectivity index (χ2v) is 7.81. The van der Waals surface area contributed by atoms with Crippen LogP contribution < -0.4 is 21.5 Å². The van der Waals surface area contributed by atoms with Gasteiger partial charge in [0.2, 0.25) is 5.95 Å². The Bertz CT molecular complexity index is 1210. The number of rotatable bonds is 9. The van der Waals surface area contributed by atoms with E-state index >= 15 is 0 Å². The second kappa shape index (κ2) is 16.9. The highest BCUT2D eigenvalue weighted by atomic mass is 19.4. The molecule has 1 amide bonds. The molecule has 9 nitrogen and oxygen atoms in total. The van der Waals surface area contributed by atoms with Gasteiger partial charge >= 0.3 is 6.18 Å². The summed E-state index contributed by atoms with van der Waals surface area (Å²) in [7, 11) is 1.59. The van der Waals surface area contributed by atoms with Gasteiger partial charge in [-0.05, 0) is 55.3 Å². The Morgan fingerprint density at radius 2 is 1.85 bits per heavy atom. The van der Waals surface area contributed by atoms with Gasteiger partial charge in [0, 0.05) is 31.5 Å². The molecule has 0 radical (unpaired) electrons. The lowest BCUT2D eigenvalue weighted by atomic mass is 10.1. The van der Waals surface area contributed by atoms with Crippen LogP contribution >= 0.6 is 0 Å². The van der Waals surface area contributed by atoms with Crippen LogP contribution in [0.2, 0.25) is 0 Å². The molecule has 0 spiro atoms. The summed E-state index contributed by atoms with van der Waals surface area (Å²) in [5.41, 5.74) is 2.38. The van der Waals surface area contributed by atoms with Gasteiger partial charge in [0.05, 0.1) is 18.4 Å². The predicted molar refractivity (Wildman–Crippen MR) is 148 cm³/mol. The molecule has 40 heavy (non-hydrogen) atoms. The molecule has 0 aliphatic rings. The molecular formula is C27H36F4N6O3. The number of benzene rings is 2. The molecule has 0 fully saturated rings. The summed E-state index contributed by atoms with van der Waals surface area (Å²) in [4.78, 5) is 21.5. The highest BCUT2D eigenvalue weighted by molar-refractivity contribution is 6.04. The number of nitrogens with zero attached hydrogens (tertiary/aromatic N) is 3. The van der Waals surface area contributed by atoms with Crippen molar-refractivity contribution in [2.75, 3.05) is 42.4 Å². The minimum Gasteiger partial charge on any atom is -0.508 e. The average molecular weight is 569 g/mol. The lowest BCUT2D eigenvalue weighted by Crippen LogP contribution is -2.29. The fourth-order valence-electron chi connectivity index (χ4n) is 3.25. The van der Waals surface area contributed by atoms with Gasteiger partial charge in [0.15, 0.2) is 11.6 Å². The first-order chi connectivity index (χ1) is 19.0. The zero-order valence-corrected chi connectivity index (χ0v) is 23.1. The normalized spacial score (nSPS) is 10.4. The molecule has 13 heteroatoms. The number of amides is 1. The van der Waals surface area contributed by atoms with Gasteiger partial charge in [0.25, 0.3) is 5.91 Å². The van der Waals surface area contributed by atoms with E-state index in [1.165, 1.54) is 30.3 Å². The van der Waals surface area contributed by atoms with Gasteiger partial charge in [-0.15, -0.1) is 0 Å². The number of alkyl halides is 3. The van der Waals surface area contributed by atoms with Crippen LogP contribution in [0.3, 0.4) is 0 Å². The van der Waals surface area contributed by atoms with Crippen molar-refractivity contribution in [3.63, 3.8) is 0 Å². The van der Waals surface area contributed by atoms with Gasteiger partial charge in [0.1, 0.15) is 5.75 Å². The molecule has 0 atom stereocenters. The van der Waals surface area contributed by atoms with Crippen molar-refractivity contribution >= 4 is 23.4 Å². The number of hydrazine groups is 1. The molecular weight excluding hydrogens is 532 g/mol. The fourth-order valence-corrected chi connectivity index (χ4v) is 3.25. The van der Waals surface area contributed by atoms with Crippen molar-refractivity contribution in [1.29, 1.82) is 0 Å². The molecule has 0 aliphatic carbocycles. The molecule has 2 aromatic carbocycles. The van der Waals surface area contributed by atoms with E-state index in [4.69, 9.17) is 10.6 Å². The molecule has 1 heterocycles. The third-order valence-electron chi connectivity index (χ3n) is 5.27. The van der Waals surface area contributed by atoms with E-state index < -0.39 is 23.5 Å². The Morgan fingerprint density at radius 3 is 2.42 bits per heavy atom. The molecule has 3 rings (SSSR count). The number of ether oxygens (including phenoxy) is 1. The maximum absolute atomic E-state index is 13.5. The molecule has 220 valence electrons. The minimum atomic E-state index is -4.46. The van der Waals surface area contributed by atoms with Crippen LogP contribution in [0.4, 0.5) is 35.0 Å². The molecule has 0 saturated carbocycles. The number of nitrogens with two attached hydrogens (primary N) is 1. The number of carbonyl (C=O) groups is 1. The van der Waals surface area contributed by atoms with Gasteiger partial charge in [-0.25, -0.2) is 15.2 Å². The van der Waals surface area contributed by atoms with E-state index in [9.17, 15) is 27.5 Å². The summed E-state index contributed by atoms with van der Waals surface area (Å²) in [5, 5.41) is 12.0. The van der Waals surface area contributed by atoms with Crippen molar-refractivity contribution in [2.24, 2.45) is 5.84 Å². The largest absolute Gasteiger partial charge is 0.508 e. The first kappa shape index (κ1) is 34.1. The van der Waals surface area contributed by atoms with Crippen LogP contribution in [0.1, 0.15) is 49.2 Å². The molecule has 1 aromatic heterocycles. The number of phenolic OH excluding ortho intramolecular Hbond substituents is 1. The maximum atomic E-state index is 13.5. The standard InChI is InChI=1S/C16H14F3NO2.C9H16FN5O.C2H6/c1-2-10-8-11(6-7-14(10)21)15(22)20-13-5-3-4-12(9-13)16(17,18)19;1-3-15(4-5-16-2)8-7(10)6-12-9(13-8)14-11;1-2/h3-9,21H,2H2,1H3,(H,20,22);6H,3-5,11H2,1-2H3,(H,12,13,14);1-2H3. The summed E-state index contributed by atoms with van der Waals surface area (Å²) in [6.45, 7) is 9.42. The molecule has 5 N–H and O–H groups in total. The third kappa shape index (κ3) is 10.3. The molecule has 0 aliphatic heterocycles. The molecule has 0 bridgehead atoms. The van der Waals surface area contributed by atoms with E-state index in [0.29, 0.717) is 31.7 Å².